The molecular weight excluding hydrogens is 390 g/mol. The SMILES string of the molecule is COc1ccc(NC(=O)/C(=C/c2ccc([N+](=O)[O-])cc2)NC(=O)c2ccco2)cc1. The fraction of sp³-hybridized carbons (Fsp3) is 0.0476. The lowest BCUT2D eigenvalue weighted by atomic mass is 10.1. The Hall–Kier alpha value is -4.40. The molecule has 2 amide bonds. The molecule has 2 N–H and O–H groups in total. The van der Waals surface area contributed by atoms with Crippen LogP contribution in [0, 0.1) is 10.1 Å². The number of rotatable bonds is 7. The van der Waals surface area contributed by atoms with Gasteiger partial charge in [-0.05, 0) is 60.2 Å². The Balaban J connectivity index is 1.86. The van der Waals surface area contributed by atoms with Crippen molar-refractivity contribution < 1.29 is 23.7 Å². The zero-order valence-electron chi connectivity index (χ0n) is 15.8. The van der Waals surface area contributed by atoms with Gasteiger partial charge in [0, 0.05) is 17.8 Å². The molecule has 30 heavy (non-hydrogen) atoms. The molecule has 0 aliphatic heterocycles. The van der Waals surface area contributed by atoms with E-state index in [-0.39, 0.29) is 17.1 Å². The Morgan fingerprint density at radius 3 is 2.33 bits per heavy atom. The number of hydrogen-bond acceptors (Lipinski definition) is 6. The number of non-ortho nitro benzene ring substituents is 1. The number of nitro benzene ring substituents is 1. The Kier molecular flexibility index (Phi) is 6.23. The van der Waals surface area contributed by atoms with Crippen molar-refractivity contribution in [3.63, 3.8) is 0 Å². The van der Waals surface area contributed by atoms with Gasteiger partial charge in [0.1, 0.15) is 11.4 Å². The number of carbonyl (C=O) groups excluding carboxylic acids is 2. The number of nitrogens with zero attached hydrogens (tertiary/aromatic N) is 1. The van der Waals surface area contributed by atoms with Gasteiger partial charge in [0.05, 0.1) is 18.3 Å². The van der Waals surface area contributed by atoms with E-state index < -0.39 is 16.7 Å². The summed E-state index contributed by atoms with van der Waals surface area (Å²) in [6.45, 7) is 0. The molecule has 0 fully saturated rings. The largest absolute Gasteiger partial charge is 0.497 e. The van der Waals surface area contributed by atoms with Crippen molar-refractivity contribution in [3.8, 4) is 5.75 Å². The van der Waals surface area contributed by atoms with Gasteiger partial charge >= 0.3 is 0 Å². The standard InChI is InChI=1S/C21H17N3O6/c1-29-17-10-6-15(7-11-17)22-20(25)18(23-21(26)19-3-2-12-30-19)13-14-4-8-16(9-5-14)24(27)28/h2-13H,1H3,(H,22,25)(H,23,26)/b18-13-. The summed E-state index contributed by atoms with van der Waals surface area (Å²) in [5, 5.41) is 16.0. The van der Waals surface area contributed by atoms with Crippen LogP contribution in [-0.4, -0.2) is 23.8 Å². The molecule has 0 unspecified atom stereocenters. The van der Waals surface area contributed by atoms with Crippen molar-refractivity contribution in [1.29, 1.82) is 0 Å². The molecule has 9 heteroatoms. The molecule has 1 heterocycles. The molecule has 0 radical (unpaired) electrons. The zero-order valence-corrected chi connectivity index (χ0v) is 15.8. The van der Waals surface area contributed by atoms with E-state index in [0.29, 0.717) is 17.0 Å². The average molecular weight is 407 g/mol. The normalized spacial score (nSPS) is 10.9. The molecule has 152 valence electrons. The zero-order chi connectivity index (χ0) is 21.5. The summed E-state index contributed by atoms with van der Waals surface area (Å²) >= 11 is 0. The summed E-state index contributed by atoms with van der Waals surface area (Å²) in [4.78, 5) is 35.4. The van der Waals surface area contributed by atoms with Crippen LogP contribution in [0.5, 0.6) is 5.75 Å². The first kappa shape index (κ1) is 20.3. The number of ether oxygens (including phenoxy) is 1. The number of carbonyl (C=O) groups is 2. The van der Waals surface area contributed by atoms with E-state index in [4.69, 9.17) is 9.15 Å². The average Bonchev–Trinajstić information content (AvgIpc) is 3.29. The molecule has 3 rings (SSSR count). The highest BCUT2D eigenvalue weighted by atomic mass is 16.6. The number of furan rings is 1. The second kappa shape index (κ2) is 9.20. The van der Waals surface area contributed by atoms with E-state index in [0.717, 1.165) is 0 Å². The molecule has 2 aromatic carbocycles. The molecular formula is C21H17N3O6. The molecule has 0 aliphatic rings. The van der Waals surface area contributed by atoms with Crippen LogP contribution in [0.3, 0.4) is 0 Å². The summed E-state index contributed by atoms with van der Waals surface area (Å²) < 4.78 is 10.1. The molecule has 0 bridgehead atoms. The number of benzene rings is 2. The number of hydrogen-bond donors (Lipinski definition) is 2. The van der Waals surface area contributed by atoms with Gasteiger partial charge in [-0.1, -0.05) is 0 Å². The van der Waals surface area contributed by atoms with E-state index >= 15 is 0 Å². The number of methoxy groups -OCH3 is 1. The predicted octanol–water partition coefficient (Wildman–Crippen LogP) is 3.61. The van der Waals surface area contributed by atoms with Gasteiger partial charge in [-0.3, -0.25) is 19.7 Å². The highest BCUT2D eigenvalue weighted by molar-refractivity contribution is 6.10. The molecule has 0 saturated carbocycles. The molecule has 1 aromatic heterocycles. The van der Waals surface area contributed by atoms with Crippen LogP contribution < -0.4 is 15.4 Å². The predicted molar refractivity (Wildman–Crippen MR) is 109 cm³/mol. The highest BCUT2D eigenvalue weighted by Gasteiger charge is 2.17. The van der Waals surface area contributed by atoms with E-state index in [1.807, 2.05) is 0 Å². The Bertz CT molecular complexity index is 1070. The van der Waals surface area contributed by atoms with Gasteiger partial charge in [-0.2, -0.15) is 0 Å². The van der Waals surface area contributed by atoms with Gasteiger partial charge in [0.25, 0.3) is 17.5 Å². The third-order valence-corrected chi connectivity index (χ3v) is 4.00. The number of amides is 2. The molecule has 0 saturated heterocycles. The van der Waals surface area contributed by atoms with Crippen molar-refractivity contribution in [1.82, 2.24) is 5.32 Å². The summed E-state index contributed by atoms with van der Waals surface area (Å²) in [5.41, 5.74) is 0.819. The maximum absolute atomic E-state index is 12.8. The lowest BCUT2D eigenvalue weighted by Crippen LogP contribution is -2.30. The van der Waals surface area contributed by atoms with E-state index in [1.165, 1.54) is 49.8 Å². The topological polar surface area (TPSA) is 124 Å². The molecule has 0 atom stereocenters. The minimum absolute atomic E-state index is 0.0295. The third-order valence-electron chi connectivity index (χ3n) is 4.00. The van der Waals surface area contributed by atoms with Crippen LogP contribution in [0.25, 0.3) is 6.08 Å². The van der Waals surface area contributed by atoms with Crippen LogP contribution >= 0.6 is 0 Å². The first-order valence-electron chi connectivity index (χ1n) is 8.72. The van der Waals surface area contributed by atoms with Crippen molar-refractivity contribution in [3.05, 3.63) is 94.1 Å². The maximum Gasteiger partial charge on any atom is 0.291 e. The van der Waals surface area contributed by atoms with Gasteiger partial charge in [-0.25, -0.2) is 0 Å². The second-order valence-electron chi connectivity index (χ2n) is 6.02. The summed E-state index contributed by atoms with van der Waals surface area (Å²) in [6, 6.07) is 15.2. The minimum atomic E-state index is -0.613. The van der Waals surface area contributed by atoms with Crippen LogP contribution in [0.2, 0.25) is 0 Å². The van der Waals surface area contributed by atoms with Crippen LogP contribution in [0.4, 0.5) is 11.4 Å². The first-order valence-corrected chi connectivity index (χ1v) is 8.72. The Labute approximate surface area is 171 Å². The lowest BCUT2D eigenvalue weighted by molar-refractivity contribution is -0.384. The van der Waals surface area contributed by atoms with Crippen LogP contribution in [-0.2, 0) is 4.79 Å². The summed E-state index contributed by atoms with van der Waals surface area (Å²) in [6.07, 6.45) is 2.75. The quantitative estimate of drug-likeness (QED) is 0.350. The number of nitrogens with one attached hydrogen (secondary N) is 2. The smallest absolute Gasteiger partial charge is 0.291 e. The third kappa shape index (κ3) is 5.10. The van der Waals surface area contributed by atoms with Gasteiger partial charge < -0.3 is 19.8 Å². The van der Waals surface area contributed by atoms with Crippen molar-refractivity contribution in [2.24, 2.45) is 0 Å². The fourth-order valence-electron chi connectivity index (χ4n) is 2.48. The van der Waals surface area contributed by atoms with Crippen molar-refractivity contribution in [2.75, 3.05) is 12.4 Å². The van der Waals surface area contributed by atoms with Crippen molar-refractivity contribution in [2.45, 2.75) is 0 Å². The molecule has 9 nitrogen and oxygen atoms in total. The van der Waals surface area contributed by atoms with Crippen LogP contribution in [0.1, 0.15) is 16.1 Å². The number of nitro groups is 1. The van der Waals surface area contributed by atoms with Gasteiger partial charge in [-0.15, -0.1) is 0 Å². The van der Waals surface area contributed by atoms with E-state index in [2.05, 4.69) is 10.6 Å². The monoisotopic (exact) mass is 407 g/mol. The Morgan fingerprint density at radius 2 is 1.77 bits per heavy atom. The molecule has 0 spiro atoms. The van der Waals surface area contributed by atoms with Crippen molar-refractivity contribution >= 4 is 29.3 Å². The van der Waals surface area contributed by atoms with Gasteiger partial charge in [0.15, 0.2) is 5.76 Å². The second-order valence-corrected chi connectivity index (χ2v) is 6.02. The highest BCUT2D eigenvalue weighted by Crippen LogP contribution is 2.17. The van der Waals surface area contributed by atoms with E-state index in [9.17, 15) is 19.7 Å². The van der Waals surface area contributed by atoms with Gasteiger partial charge in [0.2, 0.25) is 0 Å². The first-order chi connectivity index (χ1) is 14.5. The Morgan fingerprint density at radius 1 is 1.07 bits per heavy atom. The summed E-state index contributed by atoms with van der Waals surface area (Å²) in [7, 11) is 1.53. The molecule has 3 aromatic rings. The number of anilines is 1. The minimum Gasteiger partial charge on any atom is -0.497 e. The maximum atomic E-state index is 12.8. The molecule has 0 aliphatic carbocycles. The lowest BCUT2D eigenvalue weighted by Gasteiger charge is -2.11. The fourth-order valence-corrected chi connectivity index (χ4v) is 2.48. The summed E-state index contributed by atoms with van der Waals surface area (Å²) in [5.74, 6) is -0.543. The van der Waals surface area contributed by atoms with E-state index in [1.54, 1.807) is 30.3 Å². The van der Waals surface area contributed by atoms with Crippen LogP contribution in [0.15, 0.2) is 77.0 Å².